The number of para-hydroxylation sites is 2. The van der Waals surface area contributed by atoms with Gasteiger partial charge in [0.25, 0.3) is 0 Å². The van der Waals surface area contributed by atoms with Gasteiger partial charge in [-0.2, -0.15) is 0 Å². The molecule has 0 amide bonds. The molecule has 0 aliphatic heterocycles. The molecule has 0 unspecified atom stereocenters. The van der Waals surface area contributed by atoms with Crippen molar-refractivity contribution in [1.29, 1.82) is 0 Å². The molecule has 8 aromatic carbocycles. The fraction of sp³-hybridized carbons (Fsp3) is 0.0877. The zero-order chi connectivity index (χ0) is 44.5. The van der Waals surface area contributed by atoms with Crippen LogP contribution in [0.4, 0.5) is 21.9 Å². The van der Waals surface area contributed by atoms with Crippen molar-refractivity contribution in [3.05, 3.63) is 234 Å². The summed E-state index contributed by atoms with van der Waals surface area (Å²) in [4.78, 5) is 26.5. The van der Waals surface area contributed by atoms with E-state index in [1.807, 2.05) is 72.8 Å². The topological polar surface area (TPSA) is 74.3 Å². The smallest absolute Gasteiger partial charge is 0.497 e. The molecule has 0 radical (unpaired) electrons. The van der Waals surface area contributed by atoms with Gasteiger partial charge < -0.3 is 23.8 Å². The molecule has 316 valence electrons. The van der Waals surface area contributed by atoms with Gasteiger partial charge in [-0.15, -0.1) is 0 Å². The van der Waals surface area contributed by atoms with E-state index in [1.54, 1.807) is 43.5 Å². The summed E-state index contributed by atoms with van der Waals surface area (Å²) in [5.41, 5.74) is 11.1. The molecule has 0 saturated carbocycles. The van der Waals surface area contributed by atoms with E-state index in [0.29, 0.717) is 17.2 Å². The van der Waals surface area contributed by atoms with Crippen LogP contribution in [0.15, 0.2) is 206 Å². The van der Waals surface area contributed by atoms with Gasteiger partial charge in [0, 0.05) is 29.4 Å². The maximum atomic E-state index is 12.9. The van der Waals surface area contributed by atoms with Gasteiger partial charge in [0.15, 0.2) is 0 Å². The summed E-state index contributed by atoms with van der Waals surface area (Å²) in [6.07, 6.45) is 1.31. The van der Waals surface area contributed by atoms with Gasteiger partial charge in [0.05, 0.1) is 7.11 Å². The van der Waals surface area contributed by atoms with Gasteiger partial charge in [0.2, 0.25) is 0 Å². The van der Waals surface area contributed by atoms with Gasteiger partial charge in [-0.05, 0) is 136 Å². The van der Waals surface area contributed by atoms with Crippen LogP contribution in [0.25, 0.3) is 22.8 Å². The average molecular weight is 842 g/mol. The highest BCUT2D eigenvalue weighted by atomic mass is 16.7. The Morgan fingerprint density at radius 1 is 0.453 bits per heavy atom. The van der Waals surface area contributed by atoms with E-state index in [2.05, 4.69) is 122 Å². The highest BCUT2D eigenvalue weighted by molar-refractivity contribution is 5.92. The largest absolute Gasteiger partial charge is 0.519 e. The summed E-state index contributed by atoms with van der Waals surface area (Å²) in [7, 11) is 1.65. The third-order valence-electron chi connectivity index (χ3n) is 11.1. The number of methoxy groups -OCH3 is 1. The van der Waals surface area contributed by atoms with Gasteiger partial charge in [-0.25, -0.2) is 4.79 Å². The maximum Gasteiger partial charge on any atom is 0.519 e. The number of benzene rings is 8. The van der Waals surface area contributed by atoms with Crippen molar-refractivity contribution >= 4 is 40.8 Å². The zero-order valence-corrected chi connectivity index (χ0v) is 36.1. The quantitative estimate of drug-likeness (QED) is 0.0495. The molecule has 0 heterocycles. The Morgan fingerprint density at radius 2 is 0.844 bits per heavy atom. The first-order chi connectivity index (χ1) is 31.1. The molecule has 8 rings (SSSR count). The first-order valence-electron chi connectivity index (χ1n) is 21.0. The Balaban J connectivity index is 0.959. The van der Waals surface area contributed by atoms with Crippen molar-refractivity contribution in [2.45, 2.75) is 26.2 Å². The van der Waals surface area contributed by atoms with Crippen LogP contribution >= 0.6 is 0 Å². The van der Waals surface area contributed by atoms with Crippen molar-refractivity contribution in [2.75, 3.05) is 12.0 Å². The predicted octanol–water partition coefficient (Wildman–Crippen LogP) is 14.2. The number of ether oxygens (including phenoxy) is 4. The molecule has 7 nitrogen and oxygen atoms in total. The van der Waals surface area contributed by atoms with E-state index in [-0.39, 0.29) is 11.4 Å². The molecule has 0 N–H and O–H groups in total. The number of hydrogen-bond donors (Lipinski definition) is 0. The van der Waals surface area contributed by atoms with Crippen molar-refractivity contribution in [3.63, 3.8) is 0 Å². The first kappa shape index (κ1) is 42.5. The second kappa shape index (κ2) is 19.3. The summed E-state index contributed by atoms with van der Waals surface area (Å²) in [5, 5.41) is 0. The molecular formula is C57H47NO6. The number of carbonyl (C=O) groups excluding carboxylic acids is 2. The summed E-state index contributed by atoms with van der Waals surface area (Å²) in [5.74, 6) is 1.61. The minimum atomic E-state index is -0.841. The van der Waals surface area contributed by atoms with E-state index < -0.39 is 6.16 Å². The van der Waals surface area contributed by atoms with Crippen molar-refractivity contribution in [2.24, 2.45) is 0 Å². The number of anilines is 3. The Bertz CT molecular complexity index is 2800. The molecule has 0 aromatic heterocycles. The van der Waals surface area contributed by atoms with Crippen molar-refractivity contribution in [1.82, 2.24) is 0 Å². The molecule has 0 fully saturated rings. The average Bonchev–Trinajstić information content (AvgIpc) is 3.32. The Kier molecular flexibility index (Phi) is 12.8. The lowest BCUT2D eigenvalue weighted by atomic mass is 9.78. The highest BCUT2D eigenvalue weighted by Crippen LogP contribution is 2.37. The van der Waals surface area contributed by atoms with Crippen molar-refractivity contribution < 1.29 is 28.5 Å². The Hall–Kier alpha value is -8.16. The third kappa shape index (κ3) is 10.1. The van der Waals surface area contributed by atoms with Gasteiger partial charge in [-0.3, -0.25) is 4.79 Å². The molecule has 0 bridgehead atoms. The standard InChI is InChI=1S/C57H47NO6/c1-40(59)62-52-35-25-46(26-36-52)57(2,3)47-27-37-54(38-28-47)64-56(60)63-53-33-23-45(24-34-53)55(44-21-31-51(61-4)32-22-44)39-41-15-17-42(18-16-41)43-19-29-50(30-20-43)58(48-11-7-5-8-12-48)49-13-9-6-10-14-49/h5-39H,1-4H3. The van der Waals surface area contributed by atoms with Crippen molar-refractivity contribution in [3.8, 4) is 34.1 Å². The van der Waals surface area contributed by atoms with Crippen LogP contribution < -0.4 is 23.8 Å². The number of hydrogen-bond acceptors (Lipinski definition) is 7. The number of nitrogens with zero attached hydrogens (tertiary/aromatic N) is 1. The number of rotatable bonds is 13. The summed E-state index contributed by atoms with van der Waals surface area (Å²) >= 11 is 0. The monoisotopic (exact) mass is 841 g/mol. The van der Waals surface area contributed by atoms with E-state index >= 15 is 0 Å². The molecule has 0 aliphatic carbocycles. The Labute approximate surface area is 374 Å². The first-order valence-corrected chi connectivity index (χ1v) is 21.0. The molecule has 0 spiro atoms. The number of esters is 1. The van der Waals surface area contributed by atoms with Crippen LogP contribution in [0.2, 0.25) is 0 Å². The van der Waals surface area contributed by atoms with Crippen LogP contribution in [0.1, 0.15) is 48.6 Å². The zero-order valence-electron chi connectivity index (χ0n) is 36.1. The number of carbonyl (C=O) groups is 2. The molecule has 8 aromatic rings. The molecule has 0 atom stereocenters. The fourth-order valence-electron chi connectivity index (χ4n) is 7.57. The minimum absolute atomic E-state index is 0.351. The fourth-order valence-corrected chi connectivity index (χ4v) is 7.57. The normalized spacial score (nSPS) is 11.3. The lowest BCUT2D eigenvalue weighted by Gasteiger charge is -2.26. The van der Waals surface area contributed by atoms with Gasteiger partial charge in [-0.1, -0.05) is 135 Å². The van der Waals surface area contributed by atoms with Crippen LogP contribution in [-0.2, 0) is 10.2 Å². The molecule has 0 saturated heterocycles. The molecular weight excluding hydrogens is 795 g/mol. The highest BCUT2D eigenvalue weighted by Gasteiger charge is 2.24. The molecule has 64 heavy (non-hydrogen) atoms. The van der Waals surface area contributed by atoms with Crippen LogP contribution in [0, 0.1) is 0 Å². The summed E-state index contributed by atoms with van der Waals surface area (Å²) in [6, 6.07) is 68.0. The maximum absolute atomic E-state index is 12.9. The van der Waals surface area contributed by atoms with E-state index in [1.165, 1.54) is 6.92 Å². The van der Waals surface area contributed by atoms with E-state index in [0.717, 1.165) is 67.3 Å². The second-order valence-electron chi connectivity index (χ2n) is 15.7. The lowest BCUT2D eigenvalue weighted by molar-refractivity contribution is -0.131. The molecule has 0 aliphatic rings. The second-order valence-corrected chi connectivity index (χ2v) is 15.7. The molecule has 7 heteroatoms. The van der Waals surface area contributed by atoms with Crippen LogP contribution in [-0.4, -0.2) is 19.2 Å². The van der Waals surface area contributed by atoms with E-state index in [9.17, 15) is 9.59 Å². The SMILES string of the molecule is COc1ccc(C(=Cc2ccc(-c3ccc(N(c4ccccc4)c4ccccc4)cc3)cc2)c2ccc(OC(=O)Oc3ccc(C(C)(C)c4ccc(OC(C)=O)cc4)cc3)cc2)cc1. The Morgan fingerprint density at radius 3 is 1.28 bits per heavy atom. The van der Waals surface area contributed by atoms with Gasteiger partial charge >= 0.3 is 12.1 Å². The van der Waals surface area contributed by atoms with Gasteiger partial charge in [0.1, 0.15) is 23.0 Å². The van der Waals surface area contributed by atoms with Crippen LogP contribution in [0.3, 0.4) is 0 Å². The van der Waals surface area contributed by atoms with Crippen LogP contribution in [0.5, 0.6) is 23.0 Å². The summed E-state index contributed by atoms with van der Waals surface area (Å²) in [6.45, 7) is 5.57. The predicted molar refractivity (Wildman–Crippen MR) is 256 cm³/mol. The minimum Gasteiger partial charge on any atom is -0.497 e. The van der Waals surface area contributed by atoms with E-state index in [4.69, 9.17) is 18.9 Å². The lowest BCUT2D eigenvalue weighted by Crippen LogP contribution is -2.19. The summed E-state index contributed by atoms with van der Waals surface area (Å²) < 4.78 is 21.8. The third-order valence-corrected chi connectivity index (χ3v) is 11.1.